The van der Waals surface area contributed by atoms with Crippen LogP contribution < -0.4 is 14.3 Å². The van der Waals surface area contributed by atoms with E-state index in [1.807, 2.05) is 31.2 Å². The van der Waals surface area contributed by atoms with E-state index in [0.29, 0.717) is 12.2 Å². The van der Waals surface area contributed by atoms with Gasteiger partial charge >= 0.3 is 10.1 Å². The molecule has 32 heavy (non-hydrogen) atoms. The fraction of sp³-hybridized carbons (Fsp3) is 0.167. The second kappa shape index (κ2) is 10.6. The molecular weight excluding hydrogens is 428 g/mol. The van der Waals surface area contributed by atoms with Crippen molar-refractivity contribution >= 4 is 22.2 Å². The molecule has 0 aliphatic carbocycles. The van der Waals surface area contributed by atoms with Crippen molar-refractivity contribution in [3.8, 4) is 11.5 Å². The summed E-state index contributed by atoms with van der Waals surface area (Å²) in [5.74, 6) is 0.0715. The third-order valence-electron chi connectivity index (χ3n) is 4.39. The summed E-state index contributed by atoms with van der Waals surface area (Å²) in [4.78, 5) is 12.1. The summed E-state index contributed by atoms with van der Waals surface area (Å²) < 4.78 is 35.8. The maximum absolute atomic E-state index is 12.5. The average molecular weight is 453 g/mol. The predicted octanol–water partition coefficient (Wildman–Crippen LogP) is 3.85. The number of amides is 1. The van der Waals surface area contributed by atoms with Crippen LogP contribution in [0.5, 0.6) is 11.5 Å². The zero-order valence-corrected chi connectivity index (χ0v) is 18.6. The quantitative estimate of drug-likeness (QED) is 0.302. The standard InChI is InChI=1S/C24H24N2O5S/c1-3-30-23-15-20(17-25-26-24(27)16-19-11-9-18(2)10-12-19)13-14-22(23)31-32(28,29)21-7-5-4-6-8-21/h4-15,17H,3,16H2,1-2H3,(H,26,27)/b25-17-. The minimum atomic E-state index is -4.00. The summed E-state index contributed by atoms with van der Waals surface area (Å²) in [5, 5.41) is 3.97. The van der Waals surface area contributed by atoms with E-state index in [1.54, 1.807) is 37.3 Å². The highest BCUT2D eigenvalue weighted by Gasteiger charge is 2.19. The monoisotopic (exact) mass is 452 g/mol. The van der Waals surface area contributed by atoms with Gasteiger partial charge < -0.3 is 8.92 Å². The summed E-state index contributed by atoms with van der Waals surface area (Å²) in [6.45, 7) is 4.08. The van der Waals surface area contributed by atoms with E-state index in [1.165, 1.54) is 24.4 Å². The van der Waals surface area contributed by atoms with Crippen LogP contribution in [0, 0.1) is 6.92 Å². The van der Waals surface area contributed by atoms with Gasteiger partial charge in [0.1, 0.15) is 4.90 Å². The van der Waals surface area contributed by atoms with Crippen LogP contribution in [0.2, 0.25) is 0 Å². The summed E-state index contributed by atoms with van der Waals surface area (Å²) in [6.07, 6.45) is 1.66. The summed E-state index contributed by atoms with van der Waals surface area (Å²) in [5.41, 5.74) is 5.11. The lowest BCUT2D eigenvalue weighted by Crippen LogP contribution is -2.19. The molecule has 0 aliphatic heterocycles. The van der Waals surface area contributed by atoms with Crippen LogP contribution in [0.25, 0.3) is 0 Å². The number of nitrogens with zero attached hydrogens (tertiary/aromatic N) is 1. The van der Waals surface area contributed by atoms with Gasteiger partial charge in [0.15, 0.2) is 11.5 Å². The van der Waals surface area contributed by atoms with Crippen LogP contribution in [0.15, 0.2) is 82.8 Å². The number of benzene rings is 3. The fourth-order valence-electron chi connectivity index (χ4n) is 2.81. The van der Waals surface area contributed by atoms with Gasteiger partial charge in [0, 0.05) is 0 Å². The molecule has 0 heterocycles. The first-order valence-electron chi connectivity index (χ1n) is 10.0. The molecule has 1 amide bonds. The largest absolute Gasteiger partial charge is 0.490 e. The summed E-state index contributed by atoms with van der Waals surface area (Å²) in [7, 11) is -4.00. The molecule has 0 fully saturated rings. The molecule has 8 heteroatoms. The van der Waals surface area contributed by atoms with E-state index >= 15 is 0 Å². The van der Waals surface area contributed by atoms with E-state index in [2.05, 4.69) is 10.5 Å². The Hall–Kier alpha value is -3.65. The van der Waals surface area contributed by atoms with Crippen molar-refractivity contribution in [3.05, 3.63) is 89.5 Å². The maximum Gasteiger partial charge on any atom is 0.339 e. The first-order chi connectivity index (χ1) is 15.4. The van der Waals surface area contributed by atoms with E-state index in [9.17, 15) is 13.2 Å². The van der Waals surface area contributed by atoms with Crippen molar-refractivity contribution in [2.24, 2.45) is 5.10 Å². The molecule has 0 saturated carbocycles. The highest BCUT2D eigenvalue weighted by molar-refractivity contribution is 7.87. The second-order valence-electron chi connectivity index (χ2n) is 6.95. The number of nitrogens with one attached hydrogen (secondary N) is 1. The van der Waals surface area contributed by atoms with Gasteiger partial charge in [0.05, 0.1) is 19.2 Å². The Morgan fingerprint density at radius 1 is 1.00 bits per heavy atom. The van der Waals surface area contributed by atoms with Gasteiger partial charge in [0.2, 0.25) is 5.91 Å². The van der Waals surface area contributed by atoms with Gasteiger partial charge in [-0.3, -0.25) is 4.79 Å². The minimum Gasteiger partial charge on any atom is -0.490 e. The van der Waals surface area contributed by atoms with E-state index in [0.717, 1.165) is 11.1 Å². The second-order valence-corrected chi connectivity index (χ2v) is 8.49. The maximum atomic E-state index is 12.5. The fourth-order valence-corrected chi connectivity index (χ4v) is 3.77. The topological polar surface area (TPSA) is 94.1 Å². The van der Waals surface area contributed by atoms with Crippen LogP contribution in [-0.4, -0.2) is 27.1 Å². The molecule has 3 aromatic rings. The molecule has 0 saturated heterocycles. The lowest BCUT2D eigenvalue weighted by molar-refractivity contribution is -0.120. The normalized spacial score (nSPS) is 11.3. The summed E-state index contributed by atoms with van der Waals surface area (Å²) >= 11 is 0. The van der Waals surface area contributed by atoms with E-state index in [-0.39, 0.29) is 28.7 Å². The molecule has 0 aliphatic rings. The first-order valence-corrected chi connectivity index (χ1v) is 11.4. The van der Waals surface area contributed by atoms with Gasteiger partial charge in [-0.15, -0.1) is 0 Å². The molecule has 0 bridgehead atoms. The highest BCUT2D eigenvalue weighted by Crippen LogP contribution is 2.30. The van der Waals surface area contributed by atoms with Gasteiger partial charge in [-0.05, 0) is 55.3 Å². The Labute approximate surface area is 187 Å². The third-order valence-corrected chi connectivity index (χ3v) is 5.64. The molecule has 3 aromatic carbocycles. The zero-order chi connectivity index (χ0) is 23.0. The van der Waals surface area contributed by atoms with Crippen molar-refractivity contribution in [1.82, 2.24) is 5.43 Å². The van der Waals surface area contributed by atoms with Crippen molar-refractivity contribution in [3.63, 3.8) is 0 Å². The van der Waals surface area contributed by atoms with Crippen molar-refractivity contribution < 1.29 is 22.1 Å². The number of aryl methyl sites for hydroxylation is 1. The lowest BCUT2D eigenvalue weighted by Gasteiger charge is -2.12. The molecule has 0 aromatic heterocycles. The third kappa shape index (κ3) is 6.42. The van der Waals surface area contributed by atoms with Crippen LogP contribution in [-0.2, 0) is 21.3 Å². The van der Waals surface area contributed by atoms with Crippen LogP contribution in [0.4, 0.5) is 0 Å². The number of ether oxygens (including phenoxy) is 1. The number of rotatable bonds is 9. The number of carbonyl (C=O) groups excluding carboxylic acids is 1. The Balaban J connectivity index is 1.68. The van der Waals surface area contributed by atoms with Gasteiger partial charge in [-0.25, -0.2) is 5.43 Å². The molecule has 0 unspecified atom stereocenters. The zero-order valence-electron chi connectivity index (χ0n) is 17.8. The average Bonchev–Trinajstić information content (AvgIpc) is 2.78. The molecule has 0 spiro atoms. The van der Waals surface area contributed by atoms with E-state index in [4.69, 9.17) is 8.92 Å². The predicted molar refractivity (Wildman–Crippen MR) is 122 cm³/mol. The molecule has 1 N–H and O–H groups in total. The molecule has 0 atom stereocenters. The Bertz CT molecular complexity index is 1190. The first kappa shape index (κ1) is 23.0. The number of carbonyl (C=O) groups is 1. The van der Waals surface area contributed by atoms with Gasteiger partial charge in [-0.1, -0.05) is 48.0 Å². The number of hydrogen-bond donors (Lipinski definition) is 1. The number of hydrazone groups is 1. The Kier molecular flexibility index (Phi) is 7.62. The number of hydrogen-bond acceptors (Lipinski definition) is 6. The molecule has 0 radical (unpaired) electrons. The molecule has 3 rings (SSSR count). The van der Waals surface area contributed by atoms with Crippen molar-refractivity contribution in [2.75, 3.05) is 6.61 Å². The van der Waals surface area contributed by atoms with Gasteiger partial charge in [-0.2, -0.15) is 13.5 Å². The van der Waals surface area contributed by atoms with Crippen LogP contribution >= 0.6 is 0 Å². The van der Waals surface area contributed by atoms with Crippen molar-refractivity contribution in [1.29, 1.82) is 0 Å². The SMILES string of the molecule is CCOc1cc(/C=N\NC(=O)Cc2ccc(C)cc2)ccc1OS(=O)(=O)c1ccccc1. The summed E-state index contributed by atoms with van der Waals surface area (Å²) in [6, 6.07) is 20.3. The van der Waals surface area contributed by atoms with Crippen LogP contribution in [0.1, 0.15) is 23.6 Å². The molecular formula is C24H24N2O5S. The molecule has 7 nitrogen and oxygen atoms in total. The van der Waals surface area contributed by atoms with Crippen molar-refractivity contribution in [2.45, 2.75) is 25.2 Å². The Morgan fingerprint density at radius 2 is 1.72 bits per heavy atom. The lowest BCUT2D eigenvalue weighted by atomic mass is 10.1. The van der Waals surface area contributed by atoms with Gasteiger partial charge in [0.25, 0.3) is 0 Å². The van der Waals surface area contributed by atoms with Crippen LogP contribution in [0.3, 0.4) is 0 Å². The van der Waals surface area contributed by atoms with E-state index < -0.39 is 10.1 Å². The molecule has 166 valence electrons. The minimum absolute atomic E-state index is 0.0457. The Morgan fingerprint density at radius 3 is 2.41 bits per heavy atom. The highest BCUT2D eigenvalue weighted by atomic mass is 32.2. The smallest absolute Gasteiger partial charge is 0.339 e.